The van der Waals surface area contributed by atoms with Crippen molar-refractivity contribution in [2.75, 3.05) is 17.6 Å². The number of nitrogens with one attached hydrogen (secondary N) is 1. The van der Waals surface area contributed by atoms with Crippen LogP contribution >= 0.6 is 0 Å². The second-order valence-corrected chi connectivity index (χ2v) is 4.04. The van der Waals surface area contributed by atoms with E-state index in [-0.39, 0.29) is 0 Å². The molecule has 0 spiro atoms. The first-order valence-corrected chi connectivity index (χ1v) is 5.75. The maximum atomic E-state index is 5.96. The van der Waals surface area contributed by atoms with Crippen LogP contribution in [-0.2, 0) is 0 Å². The molecule has 3 aromatic rings. The van der Waals surface area contributed by atoms with E-state index in [9.17, 15) is 0 Å². The molecule has 17 heavy (non-hydrogen) atoms. The van der Waals surface area contributed by atoms with Crippen molar-refractivity contribution in [2.45, 2.75) is 6.92 Å². The number of para-hydroxylation sites is 1. The van der Waals surface area contributed by atoms with Gasteiger partial charge in [-0.2, -0.15) is 0 Å². The first-order chi connectivity index (χ1) is 8.31. The van der Waals surface area contributed by atoms with Gasteiger partial charge < -0.3 is 15.5 Å². The van der Waals surface area contributed by atoms with Crippen LogP contribution in [0, 0.1) is 0 Å². The lowest BCUT2D eigenvalue weighted by molar-refractivity contribution is 0.670. The highest BCUT2D eigenvalue weighted by Gasteiger charge is 2.12. The van der Waals surface area contributed by atoms with Crippen LogP contribution in [-0.4, -0.2) is 6.54 Å². The summed E-state index contributed by atoms with van der Waals surface area (Å²) in [6.07, 6.45) is 0. The van der Waals surface area contributed by atoms with Crippen LogP contribution in [0.4, 0.5) is 11.4 Å². The number of furan rings is 1. The van der Waals surface area contributed by atoms with Crippen LogP contribution in [0.25, 0.3) is 21.9 Å². The van der Waals surface area contributed by atoms with E-state index >= 15 is 0 Å². The third-order valence-electron chi connectivity index (χ3n) is 2.92. The fourth-order valence-corrected chi connectivity index (χ4v) is 2.19. The van der Waals surface area contributed by atoms with Gasteiger partial charge in [-0.15, -0.1) is 0 Å². The molecular formula is C14H14N2O. The van der Waals surface area contributed by atoms with Gasteiger partial charge in [0.25, 0.3) is 0 Å². The zero-order chi connectivity index (χ0) is 11.8. The molecule has 1 aromatic heterocycles. The van der Waals surface area contributed by atoms with E-state index in [1.165, 1.54) is 0 Å². The van der Waals surface area contributed by atoms with E-state index < -0.39 is 0 Å². The number of hydrogen-bond acceptors (Lipinski definition) is 3. The maximum absolute atomic E-state index is 5.96. The molecule has 0 aliphatic heterocycles. The highest BCUT2D eigenvalue weighted by atomic mass is 16.3. The van der Waals surface area contributed by atoms with E-state index in [1.807, 2.05) is 30.3 Å². The number of fused-ring (bicyclic) bond motifs is 3. The molecule has 0 radical (unpaired) electrons. The lowest BCUT2D eigenvalue weighted by Crippen LogP contribution is -1.97. The summed E-state index contributed by atoms with van der Waals surface area (Å²) in [5, 5.41) is 5.51. The van der Waals surface area contributed by atoms with Gasteiger partial charge in [0.05, 0.1) is 11.1 Å². The molecule has 86 valence electrons. The van der Waals surface area contributed by atoms with Crippen molar-refractivity contribution in [3.63, 3.8) is 0 Å². The summed E-state index contributed by atoms with van der Waals surface area (Å²) in [5.74, 6) is 0. The normalized spacial score (nSPS) is 11.1. The van der Waals surface area contributed by atoms with E-state index in [0.717, 1.165) is 34.2 Å². The first-order valence-electron chi connectivity index (χ1n) is 5.75. The summed E-state index contributed by atoms with van der Waals surface area (Å²) >= 11 is 0. The summed E-state index contributed by atoms with van der Waals surface area (Å²) in [5.41, 5.74) is 9.36. The Kier molecular flexibility index (Phi) is 2.18. The van der Waals surface area contributed by atoms with Gasteiger partial charge in [0.15, 0.2) is 5.58 Å². The highest BCUT2D eigenvalue weighted by Crippen LogP contribution is 2.37. The summed E-state index contributed by atoms with van der Waals surface area (Å²) in [7, 11) is 0. The Labute approximate surface area is 99.2 Å². The summed E-state index contributed by atoms with van der Waals surface area (Å²) < 4.78 is 5.81. The molecule has 0 bridgehead atoms. The molecular weight excluding hydrogens is 212 g/mol. The number of benzene rings is 2. The van der Waals surface area contributed by atoms with E-state index in [2.05, 4.69) is 18.3 Å². The molecule has 3 heteroatoms. The Morgan fingerprint density at radius 1 is 1.18 bits per heavy atom. The van der Waals surface area contributed by atoms with Crippen molar-refractivity contribution >= 4 is 33.3 Å². The molecule has 0 aliphatic rings. The van der Waals surface area contributed by atoms with Crippen molar-refractivity contribution in [3.8, 4) is 0 Å². The minimum Gasteiger partial charge on any atom is -0.454 e. The maximum Gasteiger partial charge on any atom is 0.160 e. The minimum atomic E-state index is 0.679. The first kappa shape index (κ1) is 10.0. The number of hydrogen-bond donors (Lipinski definition) is 2. The van der Waals surface area contributed by atoms with Gasteiger partial charge >= 0.3 is 0 Å². The quantitative estimate of drug-likeness (QED) is 0.656. The van der Waals surface area contributed by atoms with Crippen molar-refractivity contribution in [3.05, 3.63) is 36.4 Å². The van der Waals surface area contributed by atoms with Crippen molar-refractivity contribution in [1.82, 2.24) is 0 Å². The second-order valence-electron chi connectivity index (χ2n) is 4.04. The lowest BCUT2D eigenvalue weighted by atomic mass is 10.1. The molecule has 3 nitrogen and oxygen atoms in total. The third kappa shape index (κ3) is 1.43. The second kappa shape index (κ2) is 3.70. The van der Waals surface area contributed by atoms with E-state index in [4.69, 9.17) is 10.2 Å². The van der Waals surface area contributed by atoms with Gasteiger partial charge in [0, 0.05) is 17.6 Å². The minimum absolute atomic E-state index is 0.679. The van der Waals surface area contributed by atoms with E-state index in [0.29, 0.717) is 5.69 Å². The fraction of sp³-hybridized carbons (Fsp3) is 0.143. The summed E-state index contributed by atoms with van der Waals surface area (Å²) in [6, 6.07) is 11.9. The van der Waals surface area contributed by atoms with Crippen molar-refractivity contribution in [1.29, 1.82) is 0 Å². The predicted molar refractivity (Wildman–Crippen MR) is 72.3 cm³/mol. The smallest absolute Gasteiger partial charge is 0.160 e. The Bertz CT molecular complexity index is 685. The van der Waals surface area contributed by atoms with Crippen LogP contribution in [0.3, 0.4) is 0 Å². The number of nitrogens with two attached hydrogens (primary N) is 1. The predicted octanol–water partition coefficient (Wildman–Crippen LogP) is 3.60. The van der Waals surface area contributed by atoms with Gasteiger partial charge in [-0.1, -0.05) is 18.2 Å². The van der Waals surface area contributed by atoms with Gasteiger partial charge in [0.1, 0.15) is 5.58 Å². The van der Waals surface area contributed by atoms with Crippen molar-refractivity contribution in [2.24, 2.45) is 0 Å². The number of nitrogen functional groups attached to an aromatic ring is 1. The summed E-state index contributed by atoms with van der Waals surface area (Å²) in [4.78, 5) is 0. The molecule has 0 amide bonds. The molecule has 0 saturated heterocycles. The molecule has 1 heterocycles. The molecule has 0 aliphatic carbocycles. The Morgan fingerprint density at radius 3 is 2.82 bits per heavy atom. The Balaban J connectivity index is 2.47. The average Bonchev–Trinajstić information content (AvgIpc) is 2.73. The molecule has 3 N–H and O–H groups in total. The van der Waals surface area contributed by atoms with E-state index in [1.54, 1.807) is 0 Å². The molecule has 0 fully saturated rings. The highest BCUT2D eigenvalue weighted by molar-refractivity contribution is 6.14. The molecule has 2 aromatic carbocycles. The topological polar surface area (TPSA) is 51.2 Å². The standard InChI is InChI=1S/C14H14N2O/c1-2-16-11-8-7-10(15)14-13(11)9-5-3-4-6-12(9)17-14/h3-8,16H,2,15H2,1H3. The van der Waals surface area contributed by atoms with Crippen LogP contribution in [0.15, 0.2) is 40.8 Å². The van der Waals surface area contributed by atoms with Gasteiger partial charge in [-0.25, -0.2) is 0 Å². The average molecular weight is 226 g/mol. The molecule has 0 atom stereocenters. The third-order valence-corrected chi connectivity index (χ3v) is 2.92. The SMILES string of the molecule is CCNc1ccc(N)c2oc3ccccc3c12. The van der Waals surface area contributed by atoms with Gasteiger partial charge in [-0.05, 0) is 25.1 Å². The fourth-order valence-electron chi connectivity index (χ4n) is 2.19. The van der Waals surface area contributed by atoms with Crippen LogP contribution in [0.5, 0.6) is 0 Å². The molecule has 0 saturated carbocycles. The Morgan fingerprint density at radius 2 is 2.00 bits per heavy atom. The molecule has 3 rings (SSSR count). The number of rotatable bonds is 2. The van der Waals surface area contributed by atoms with Crippen LogP contribution in [0.2, 0.25) is 0 Å². The summed E-state index contributed by atoms with van der Waals surface area (Å²) in [6.45, 7) is 2.95. The van der Waals surface area contributed by atoms with Crippen LogP contribution in [0.1, 0.15) is 6.92 Å². The van der Waals surface area contributed by atoms with Gasteiger partial charge in [0.2, 0.25) is 0 Å². The van der Waals surface area contributed by atoms with Gasteiger partial charge in [-0.3, -0.25) is 0 Å². The monoisotopic (exact) mass is 226 g/mol. The van der Waals surface area contributed by atoms with Crippen LogP contribution < -0.4 is 11.1 Å². The molecule has 0 unspecified atom stereocenters. The zero-order valence-corrected chi connectivity index (χ0v) is 9.66. The Hall–Kier alpha value is -2.16. The van der Waals surface area contributed by atoms with Crippen molar-refractivity contribution < 1.29 is 4.42 Å². The largest absolute Gasteiger partial charge is 0.454 e. The zero-order valence-electron chi connectivity index (χ0n) is 9.66. The number of anilines is 2. The lowest BCUT2D eigenvalue weighted by Gasteiger charge is -2.05.